The number of para-hydroxylation sites is 1. The number of nitrogens with one attached hydrogen (secondary N) is 1. The van der Waals surface area contributed by atoms with Gasteiger partial charge in [-0.05, 0) is 66.1 Å². The monoisotopic (exact) mass is 435 g/mol. The number of hydrogen-bond acceptors (Lipinski definition) is 4. The highest BCUT2D eigenvalue weighted by Crippen LogP contribution is 2.25. The van der Waals surface area contributed by atoms with Gasteiger partial charge in [-0.3, -0.25) is 14.2 Å². The molecule has 1 N–H and O–H groups in total. The standard InChI is InChI=1S/C23H18FN3O3S/c24-17-6-1-2-7-18(17)27-22(29)21-19(10-11-31-21)26(23(27)30)13-20(28)25-16-9-8-14-4-3-5-15(14)12-16/h1-2,6-12H,3-5,13H2,(H,25,28). The van der Waals surface area contributed by atoms with Crippen molar-refractivity contribution in [3.05, 3.63) is 91.7 Å². The van der Waals surface area contributed by atoms with Gasteiger partial charge in [0, 0.05) is 5.69 Å². The van der Waals surface area contributed by atoms with Crippen LogP contribution in [0.15, 0.2) is 63.5 Å². The Kier molecular flexibility index (Phi) is 4.78. The Hall–Kier alpha value is -3.52. The second kappa shape index (κ2) is 7.63. The quantitative estimate of drug-likeness (QED) is 0.533. The second-order valence-electron chi connectivity index (χ2n) is 7.48. The third-order valence-electron chi connectivity index (χ3n) is 5.53. The van der Waals surface area contributed by atoms with Crippen molar-refractivity contribution in [1.82, 2.24) is 9.13 Å². The lowest BCUT2D eigenvalue weighted by Crippen LogP contribution is -2.40. The maximum Gasteiger partial charge on any atom is 0.336 e. The Labute approximate surface area is 180 Å². The number of anilines is 1. The van der Waals surface area contributed by atoms with E-state index in [-0.39, 0.29) is 16.9 Å². The smallest absolute Gasteiger partial charge is 0.325 e. The van der Waals surface area contributed by atoms with Gasteiger partial charge in [0.05, 0.1) is 11.2 Å². The number of benzene rings is 2. The molecule has 0 spiro atoms. The zero-order valence-corrected chi connectivity index (χ0v) is 17.2. The SMILES string of the molecule is O=C(Cn1c(=O)n(-c2ccccc2F)c(=O)c2sccc21)Nc1ccc2c(c1)CCC2. The molecule has 2 heterocycles. The van der Waals surface area contributed by atoms with Crippen LogP contribution in [0.25, 0.3) is 15.9 Å². The fourth-order valence-corrected chi connectivity index (χ4v) is 4.90. The fraction of sp³-hybridized carbons (Fsp3) is 0.174. The number of carbonyl (C=O) groups excluding carboxylic acids is 1. The average Bonchev–Trinajstić information content (AvgIpc) is 3.42. The Morgan fingerprint density at radius 1 is 1.06 bits per heavy atom. The van der Waals surface area contributed by atoms with E-state index < -0.39 is 23.0 Å². The van der Waals surface area contributed by atoms with Crippen LogP contribution in [-0.4, -0.2) is 15.0 Å². The summed E-state index contributed by atoms with van der Waals surface area (Å²) in [5.74, 6) is -1.09. The van der Waals surface area contributed by atoms with Crippen molar-refractivity contribution in [3.8, 4) is 5.69 Å². The number of carbonyl (C=O) groups is 1. The second-order valence-corrected chi connectivity index (χ2v) is 8.40. The summed E-state index contributed by atoms with van der Waals surface area (Å²) in [7, 11) is 0. The zero-order valence-electron chi connectivity index (χ0n) is 16.4. The molecule has 0 atom stereocenters. The highest BCUT2D eigenvalue weighted by atomic mass is 32.1. The van der Waals surface area contributed by atoms with Crippen LogP contribution in [-0.2, 0) is 24.2 Å². The molecule has 5 rings (SSSR count). The van der Waals surface area contributed by atoms with Crippen LogP contribution in [0.4, 0.5) is 10.1 Å². The van der Waals surface area contributed by atoms with Crippen LogP contribution in [0.2, 0.25) is 0 Å². The van der Waals surface area contributed by atoms with Crippen LogP contribution in [0, 0.1) is 5.82 Å². The number of nitrogens with zero attached hydrogens (tertiary/aromatic N) is 2. The first kappa shape index (κ1) is 19.4. The number of amides is 1. The van der Waals surface area contributed by atoms with Gasteiger partial charge >= 0.3 is 5.69 Å². The van der Waals surface area contributed by atoms with E-state index in [2.05, 4.69) is 5.32 Å². The fourth-order valence-electron chi connectivity index (χ4n) is 4.08. The molecule has 31 heavy (non-hydrogen) atoms. The predicted octanol–water partition coefficient (Wildman–Crippen LogP) is 3.48. The minimum absolute atomic E-state index is 0.138. The average molecular weight is 435 g/mol. The van der Waals surface area contributed by atoms with E-state index in [1.165, 1.54) is 33.9 Å². The van der Waals surface area contributed by atoms with Crippen molar-refractivity contribution < 1.29 is 9.18 Å². The van der Waals surface area contributed by atoms with Gasteiger partial charge in [0.15, 0.2) is 0 Å². The summed E-state index contributed by atoms with van der Waals surface area (Å²) < 4.78 is 16.7. The lowest BCUT2D eigenvalue weighted by molar-refractivity contribution is -0.116. The Balaban J connectivity index is 1.55. The van der Waals surface area contributed by atoms with Gasteiger partial charge in [-0.1, -0.05) is 18.2 Å². The maximum atomic E-state index is 14.4. The summed E-state index contributed by atoms with van der Waals surface area (Å²) >= 11 is 1.15. The van der Waals surface area contributed by atoms with Crippen molar-refractivity contribution in [2.45, 2.75) is 25.8 Å². The van der Waals surface area contributed by atoms with Gasteiger partial charge in [0.1, 0.15) is 17.1 Å². The summed E-state index contributed by atoms with van der Waals surface area (Å²) in [6.07, 6.45) is 3.14. The van der Waals surface area contributed by atoms with Gasteiger partial charge in [-0.2, -0.15) is 0 Å². The molecular weight excluding hydrogens is 417 g/mol. The lowest BCUT2D eigenvalue weighted by Gasteiger charge is -2.13. The molecule has 0 bridgehead atoms. The van der Waals surface area contributed by atoms with Gasteiger partial charge in [-0.15, -0.1) is 11.3 Å². The number of aryl methyl sites for hydroxylation is 2. The Morgan fingerprint density at radius 3 is 2.71 bits per heavy atom. The molecule has 2 aromatic carbocycles. The third kappa shape index (κ3) is 3.38. The molecule has 0 aliphatic heterocycles. The van der Waals surface area contributed by atoms with Crippen LogP contribution in [0.5, 0.6) is 0 Å². The van der Waals surface area contributed by atoms with E-state index in [4.69, 9.17) is 0 Å². The Bertz CT molecular complexity index is 1450. The summed E-state index contributed by atoms with van der Waals surface area (Å²) in [6, 6.07) is 13.0. The molecule has 6 nitrogen and oxygen atoms in total. The van der Waals surface area contributed by atoms with Gasteiger partial charge < -0.3 is 5.32 Å². The number of thiophene rings is 1. The van der Waals surface area contributed by atoms with Crippen molar-refractivity contribution in [2.24, 2.45) is 0 Å². The maximum absolute atomic E-state index is 14.4. The van der Waals surface area contributed by atoms with E-state index >= 15 is 0 Å². The summed E-state index contributed by atoms with van der Waals surface area (Å²) in [4.78, 5) is 38.8. The van der Waals surface area contributed by atoms with E-state index in [9.17, 15) is 18.8 Å². The summed E-state index contributed by atoms with van der Waals surface area (Å²) in [6.45, 7) is -0.294. The number of hydrogen-bond donors (Lipinski definition) is 1. The van der Waals surface area contributed by atoms with Crippen LogP contribution < -0.4 is 16.6 Å². The van der Waals surface area contributed by atoms with Crippen LogP contribution >= 0.6 is 11.3 Å². The highest BCUT2D eigenvalue weighted by molar-refractivity contribution is 7.17. The molecular formula is C23H18FN3O3S. The number of fused-ring (bicyclic) bond motifs is 2. The molecule has 0 fully saturated rings. The molecule has 0 radical (unpaired) electrons. The van der Waals surface area contributed by atoms with Gasteiger partial charge in [0.2, 0.25) is 5.91 Å². The first-order chi connectivity index (χ1) is 15.0. The van der Waals surface area contributed by atoms with Crippen LogP contribution in [0.1, 0.15) is 17.5 Å². The largest absolute Gasteiger partial charge is 0.336 e. The van der Waals surface area contributed by atoms with Crippen molar-refractivity contribution in [2.75, 3.05) is 5.32 Å². The van der Waals surface area contributed by atoms with Crippen molar-refractivity contribution in [1.29, 1.82) is 0 Å². The normalized spacial score (nSPS) is 12.8. The minimum atomic E-state index is -0.759. The molecule has 4 aromatic rings. The number of halogens is 1. The van der Waals surface area contributed by atoms with Crippen molar-refractivity contribution >= 4 is 33.1 Å². The molecule has 156 valence electrons. The first-order valence-electron chi connectivity index (χ1n) is 9.92. The third-order valence-corrected chi connectivity index (χ3v) is 6.42. The molecule has 0 saturated heterocycles. The molecule has 8 heteroatoms. The topological polar surface area (TPSA) is 73.1 Å². The molecule has 0 unspecified atom stereocenters. The van der Waals surface area contributed by atoms with Gasteiger partial charge in [0.25, 0.3) is 5.56 Å². The number of rotatable bonds is 4. The lowest BCUT2D eigenvalue weighted by atomic mass is 10.1. The summed E-state index contributed by atoms with van der Waals surface area (Å²) in [5, 5.41) is 4.51. The van der Waals surface area contributed by atoms with Gasteiger partial charge in [-0.25, -0.2) is 13.8 Å². The summed E-state index contributed by atoms with van der Waals surface area (Å²) in [5.41, 5.74) is 2.05. The van der Waals surface area contributed by atoms with E-state index in [1.807, 2.05) is 18.2 Å². The molecule has 2 aromatic heterocycles. The Morgan fingerprint density at radius 2 is 1.87 bits per heavy atom. The minimum Gasteiger partial charge on any atom is -0.325 e. The number of aromatic nitrogens is 2. The molecule has 1 aliphatic carbocycles. The molecule has 0 saturated carbocycles. The highest BCUT2D eigenvalue weighted by Gasteiger charge is 2.19. The molecule has 1 amide bonds. The van der Waals surface area contributed by atoms with Crippen molar-refractivity contribution in [3.63, 3.8) is 0 Å². The van der Waals surface area contributed by atoms with E-state index in [1.54, 1.807) is 17.5 Å². The van der Waals surface area contributed by atoms with Crippen LogP contribution in [0.3, 0.4) is 0 Å². The predicted molar refractivity (Wildman–Crippen MR) is 119 cm³/mol. The molecule has 1 aliphatic rings. The van der Waals surface area contributed by atoms with E-state index in [0.29, 0.717) is 11.2 Å². The zero-order chi connectivity index (χ0) is 21.5. The first-order valence-corrected chi connectivity index (χ1v) is 10.8. The van der Waals surface area contributed by atoms with E-state index in [0.717, 1.165) is 35.2 Å².